The molecule has 1 fully saturated rings. The standard InChI is InChI=1S/C8H12O/c9-5-8-6-1-2-7(8)4-3-6/h1-2,6-9H,3-5H2/t6-,7-/m1/s1. The van der Waals surface area contributed by atoms with E-state index in [-0.39, 0.29) is 0 Å². The smallest absolute Gasteiger partial charge is 0.0470 e. The van der Waals surface area contributed by atoms with Crippen molar-refractivity contribution >= 4 is 0 Å². The van der Waals surface area contributed by atoms with Crippen LogP contribution < -0.4 is 0 Å². The van der Waals surface area contributed by atoms with Gasteiger partial charge in [-0.2, -0.15) is 0 Å². The minimum Gasteiger partial charge on any atom is -0.396 e. The SMILES string of the molecule is OCC1[C@@H]2C=C[C@@H]1CC2. The predicted octanol–water partition coefficient (Wildman–Crippen LogP) is 1.19. The third kappa shape index (κ3) is 0.645. The molecule has 0 unspecified atom stereocenters. The lowest BCUT2D eigenvalue weighted by molar-refractivity contribution is 0.199. The van der Waals surface area contributed by atoms with Crippen LogP contribution in [0.15, 0.2) is 12.2 Å². The molecule has 1 saturated carbocycles. The van der Waals surface area contributed by atoms with Crippen molar-refractivity contribution in [3.05, 3.63) is 12.2 Å². The molecule has 2 bridgehead atoms. The largest absolute Gasteiger partial charge is 0.396 e. The maximum Gasteiger partial charge on any atom is 0.0470 e. The van der Waals surface area contributed by atoms with E-state index in [0.717, 1.165) is 11.8 Å². The van der Waals surface area contributed by atoms with Crippen LogP contribution in [0.1, 0.15) is 12.8 Å². The third-order valence-corrected chi connectivity index (χ3v) is 2.75. The molecule has 0 heterocycles. The second-order valence-corrected chi connectivity index (χ2v) is 3.14. The van der Waals surface area contributed by atoms with Gasteiger partial charge in [0.05, 0.1) is 0 Å². The molecule has 2 aliphatic carbocycles. The molecule has 1 heteroatoms. The normalized spacial score (nSPS) is 46.6. The number of fused-ring (bicyclic) bond motifs is 2. The molecular weight excluding hydrogens is 112 g/mol. The van der Waals surface area contributed by atoms with Gasteiger partial charge in [-0.05, 0) is 30.6 Å². The minimum atomic E-state index is 0.391. The summed E-state index contributed by atoms with van der Waals surface area (Å²) in [5.74, 6) is 2.03. The molecule has 1 nitrogen and oxygen atoms in total. The van der Waals surface area contributed by atoms with Crippen LogP contribution >= 0.6 is 0 Å². The van der Waals surface area contributed by atoms with Gasteiger partial charge in [0.15, 0.2) is 0 Å². The summed E-state index contributed by atoms with van der Waals surface area (Å²) in [6.45, 7) is 0.391. The van der Waals surface area contributed by atoms with E-state index < -0.39 is 0 Å². The highest BCUT2D eigenvalue weighted by molar-refractivity contribution is 5.11. The molecule has 0 aromatic rings. The van der Waals surface area contributed by atoms with Crippen LogP contribution in [-0.4, -0.2) is 11.7 Å². The molecule has 2 aliphatic rings. The fourth-order valence-electron chi connectivity index (χ4n) is 2.16. The Labute approximate surface area is 55.4 Å². The molecular formula is C8H12O. The summed E-state index contributed by atoms with van der Waals surface area (Å²) in [6.07, 6.45) is 7.17. The second-order valence-electron chi connectivity index (χ2n) is 3.14. The van der Waals surface area contributed by atoms with Crippen molar-refractivity contribution in [2.75, 3.05) is 6.61 Å². The van der Waals surface area contributed by atoms with Gasteiger partial charge >= 0.3 is 0 Å². The first-order valence-electron chi connectivity index (χ1n) is 3.71. The average molecular weight is 124 g/mol. The molecule has 0 saturated heterocycles. The fourth-order valence-corrected chi connectivity index (χ4v) is 2.16. The molecule has 50 valence electrons. The van der Waals surface area contributed by atoms with Gasteiger partial charge in [0, 0.05) is 6.61 Å². The van der Waals surface area contributed by atoms with Crippen molar-refractivity contribution < 1.29 is 5.11 Å². The Hall–Kier alpha value is -0.300. The van der Waals surface area contributed by atoms with Crippen molar-refractivity contribution in [3.63, 3.8) is 0 Å². The Bertz CT molecular complexity index is 126. The van der Waals surface area contributed by atoms with E-state index in [1.165, 1.54) is 12.8 Å². The number of rotatable bonds is 1. The van der Waals surface area contributed by atoms with E-state index in [9.17, 15) is 0 Å². The Kier molecular flexibility index (Phi) is 1.12. The zero-order chi connectivity index (χ0) is 6.27. The van der Waals surface area contributed by atoms with Crippen molar-refractivity contribution in [1.82, 2.24) is 0 Å². The fraction of sp³-hybridized carbons (Fsp3) is 0.750. The second kappa shape index (κ2) is 1.84. The molecule has 0 aliphatic heterocycles. The van der Waals surface area contributed by atoms with Gasteiger partial charge in [0.1, 0.15) is 0 Å². The molecule has 2 rings (SSSR count). The van der Waals surface area contributed by atoms with Gasteiger partial charge < -0.3 is 5.11 Å². The average Bonchev–Trinajstić information content (AvgIpc) is 2.44. The first kappa shape index (κ1) is 5.48. The molecule has 0 spiro atoms. The molecule has 0 aromatic carbocycles. The van der Waals surface area contributed by atoms with Gasteiger partial charge in [-0.1, -0.05) is 12.2 Å². The highest BCUT2D eigenvalue weighted by Gasteiger charge is 2.36. The first-order chi connectivity index (χ1) is 4.42. The summed E-state index contributed by atoms with van der Waals surface area (Å²) in [5.41, 5.74) is 0. The molecule has 0 aromatic heterocycles. The Morgan fingerprint density at radius 2 is 1.78 bits per heavy atom. The summed E-state index contributed by atoms with van der Waals surface area (Å²) in [6, 6.07) is 0. The predicted molar refractivity (Wildman–Crippen MR) is 35.9 cm³/mol. The van der Waals surface area contributed by atoms with Crippen molar-refractivity contribution in [1.29, 1.82) is 0 Å². The number of aliphatic hydroxyl groups excluding tert-OH is 1. The van der Waals surface area contributed by atoms with E-state index in [0.29, 0.717) is 12.5 Å². The number of hydrogen-bond acceptors (Lipinski definition) is 1. The van der Waals surface area contributed by atoms with Crippen LogP contribution in [0, 0.1) is 17.8 Å². The molecule has 9 heavy (non-hydrogen) atoms. The highest BCUT2D eigenvalue weighted by atomic mass is 16.3. The van der Waals surface area contributed by atoms with Crippen molar-refractivity contribution in [2.45, 2.75) is 12.8 Å². The highest BCUT2D eigenvalue weighted by Crippen LogP contribution is 2.43. The Balaban J connectivity index is 2.15. The topological polar surface area (TPSA) is 20.2 Å². The summed E-state index contributed by atoms with van der Waals surface area (Å²) in [5, 5.41) is 8.91. The van der Waals surface area contributed by atoms with E-state index in [1.54, 1.807) is 0 Å². The van der Waals surface area contributed by atoms with Crippen LogP contribution in [0.4, 0.5) is 0 Å². The quantitative estimate of drug-likeness (QED) is 0.520. The number of aliphatic hydroxyl groups is 1. The van der Waals surface area contributed by atoms with E-state index in [4.69, 9.17) is 5.11 Å². The van der Waals surface area contributed by atoms with Gasteiger partial charge in [-0.15, -0.1) is 0 Å². The number of allylic oxidation sites excluding steroid dienone is 2. The van der Waals surface area contributed by atoms with Crippen LogP contribution in [0.3, 0.4) is 0 Å². The van der Waals surface area contributed by atoms with Crippen LogP contribution in [0.2, 0.25) is 0 Å². The summed E-state index contributed by atoms with van der Waals surface area (Å²) in [7, 11) is 0. The van der Waals surface area contributed by atoms with E-state index >= 15 is 0 Å². The van der Waals surface area contributed by atoms with Gasteiger partial charge in [0.2, 0.25) is 0 Å². The Morgan fingerprint density at radius 3 is 2.00 bits per heavy atom. The molecule has 0 amide bonds. The van der Waals surface area contributed by atoms with Gasteiger partial charge in [-0.3, -0.25) is 0 Å². The summed E-state index contributed by atoms with van der Waals surface area (Å²) in [4.78, 5) is 0. The first-order valence-corrected chi connectivity index (χ1v) is 3.71. The number of hydrogen-bond donors (Lipinski definition) is 1. The van der Waals surface area contributed by atoms with E-state index in [2.05, 4.69) is 12.2 Å². The lowest BCUT2D eigenvalue weighted by atomic mass is 9.98. The summed E-state index contributed by atoms with van der Waals surface area (Å²) < 4.78 is 0. The zero-order valence-electron chi connectivity index (χ0n) is 5.46. The van der Waals surface area contributed by atoms with Gasteiger partial charge in [-0.25, -0.2) is 0 Å². The zero-order valence-corrected chi connectivity index (χ0v) is 5.46. The lowest BCUT2D eigenvalue weighted by Crippen LogP contribution is -2.11. The third-order valence-electron chi connectivity index (χ3n) is 2.75. The maximum atomic E-state index is 8.91. The van der Waals surface area contributed by atoms with Crippen molar-refractivity contribution in [2.24, 2.45) is 17.8 Å². The molecule has 1 N–H and O–H groups in total. The van der Waals surface area contributed by atoms with Crippen LogP contribution in [0.5, 0.6) is 0 Å². The minimum absolute atomic E-state index is 0.391. The lowest BCUT2D eigenvalue weighted by Gasteiger charge is -2.09. The maximum absolute atomic E-state index is 8.91. The Morgan fingerprint density at radius 1 is 1.22 bits per heavy atom. The van der Waals surface area contributed by atoms with E-state index in [1.807, 2.05) is 0 Å². The monoisotopic (exact) mass is 124 g/mol. The molecule has 0 radical (unpaired) electrons. The van der Waals surface area contributed by atoms with Crippen LogP contribution in [0.25, 0.3) is 0 Å². The van der Waals surface area contributed by atoms with Crippen molar-refractivity contribution in [3.8, 4) is 0 Å². The summed E-state index contributed by atoms with van der Waals surface area (Å²) >= 11 is 0. The van der Waals surface area contributed by atoms with Gasteiger partial charge in [0.25, 0.3) is 0 Å². The van der Waals surface area contributed by atoms with Crippen LogP contribution in [-0.2, 0) is 0 Å². The molecule has 2 atom stereocenters.